The maximum atomic E-state index is 13.7. The normalized spacial score (nSPS) is 31.6. The van der Waals surface area contributed by atoms with Crippen molar-refractivity contribution in [1.29, 1.82) is 0 Å². The van der Waals surface area contributed by atoms with Gasteiger partial charge in [0.1, 0.15) is 12.4 Å². The smallest absolute Gasteiger partial charge is 0.192 e. The maximum absolute atomic E-state index is 13.7. The summed E-state index contributed by atoms with van der Waals surface area (Å²) in [6.07, 6.45) is 9.69. The topological polar surface area (TPSA) is 57.0 Å². The number of ketones is 1. The largest absolute Gasteiger partial charge is 0.484 e. The van der Waals surface area contributed by atoms with Gasteiger partial charge >= 0.3 is 0 Å². The van der Waals surface area contributed by atoms with Crippen molar-refractivity contribution < 1.29 is 9.53 Å². The van der Waals surface area contributed by atoms with Gasteiger partial charge in [-0.1, -0.05) is 35.5 Å². The Morgan fingerprint density at radius 3 is 2.44 bits per heavy atom. The van der Waals surface area contributed by atoms with E-state index in [4.69, 9.17) is 16.3 Å². The van der Waals surface area contributed by atoms with E-state index in [1.807, 2.05) is 24.3 Å². The van der Waals surface area contributed by atoms with Crippen LogP contribution < -0.4 is 4.74 Å². The summed E-state index contributed by atoms with van der Waals surface area (Å²) >= 11 is 7.83. The second-order valence-corrected chi connectivity index (χ2v) is 12.3. The molecule has 2 aromatic rings. The molecule has 1 heterocycles. The third-order valence-corrected chi connectivity index (χ3v) is 9.42. The Morgan fingerprint density at radius 1 is 1.16 bits per heavy atom. The summed E-state index contributed by atoms with van der Waals surface area (Å²) in [6.45, 7) is 2.41. The van der Waals surface area contributed by atoms with Crippen LogP contribution in [0.15, 0.2) is 29.4 Å². The van der Waals surface area contributed by atoms with Gasteiger partial charge in [0.05, 0.1) is 10.3 Å². The van der Waals surface area contributed by atoms with Gasteiger partial charge in [-0.2, -0.15) is 0 Å². The molecule has 0 saturated heterocycles. The zero-order valence-electron chi connectivity index (χ0n) is 18.5. The predicted molar refractivity (Wildman–Crippen MR) is 125 cm³/mol. The molecule has 32 heavy (non-hydrogen) atoms. The first-order valence-electron chi connectivity index (χ1n) is 12.0. The molecule has 0 N–H and O–H groups in total. The lowest BCUT2D eigenvalue weighted by Crippen LogP contribution is -2.51. The Balaban J connectivity index is 1.18. The van der Waals surface area contributed by atoms with Crippen molar-refractivity contribution in [2.24, 2.45) is 23.2 Å². The molecule has 170 valence electrons. The van der Waals surface area contributed by atoms with Crippen molar-refractivity contribution in [3.05, 3.63) is 35.1 Å². The second-order valence-electron chi connectivity index (χ2n) is 10.5. The molecule has 5 saturated carbocycles. The van der Waals surface area contributed by atoms with Crippen LogP contribution in [0.3, 0.4) is 0 Å². The number of benzene rings is 1. The molecule has 7 rings (SSSR count). The average molecular weight is 472 g/mol. The summed E-state index contributed by atoms with van der Waals surface area (Å²) < 4.78 is 8.14. The van der Waals surface area contributed by atoms with Crippen LogP contribution in [0.2, 0.25) is 5.02 Å². The highest BCUT2D eigenvalue weighted by molar-refractivity contribution is 8.00. The van der Waals surface area contributed by atoms with Gasteiger partial charge in [0.15, 0.2) is 16.8 Å². The predicted octanol–water partition coefficient (Wildman–Crippen LogP) is 6.11. The number of hydrogen-bond donors (Lipinski definition) is 0. The molecule has 0 aliphatic heterocycles. The SMILES string of the molecule is CC(Sc1nnc(COc2ccccc2Cl)n1C1CC1)C(=O)C12CC3CC(CC(C3)C1)C2. The van der Waals surface area contributed by atoms with Crippen LogP contribution in [0.1, 0.15) is 70.2 Å². The fraction of sp³-hybridized carbons (Fsp3) is 0.640. The van der Waals surface area contributed by atoms with Crippen LogP contribution in [0.4, 0.5) is 0 Å². The molecule has 0 amide bonds. The van der Waals surface area contributed by atoms with Gasteiger partial charge in [-0.15, -0.1) is 10.2 Å². The first-order valence-corrected chi connectivity index (χ1v) is 13.3. The lowest BCUT2D eigenvalue weighted by atomic mass is 9.48. The Labute approximate surface area is 198 Å². The first kappa shape index (κ1) is 21.0. The summed E-state index contributed by atoms with van der Waals surface area (Å²) in [7, 11) is 0. The van der Waals surface area contributed by atoms with Gasteiger partial charge in [0.2, 0.25) is 0 Å². The second kappa shape index (κ2) is 8.05. The minimum absolute atomic E-state index is 0.0679. The zero-order chi connectivity index (χ0) is 21.9. The van der Waals surface area contributed by atoms with Crippen LogP contribution in [-0.2, 0) is 11.4 Å². The van der Waals surface area contributed by atoms with E-state index < -0.39 is 0 Å². The molecule has 4 bridgehead atoms. The summed E-state index contributed by atoms with van der Waals surface area (Å²) in [6, 6.07) is 7.90. The number of aromatic nitrogens is 3. The van der Waals surface area contributed by atoms with Crippen molar-refractivity contribution >= 4 is 29.1 Å². The summed E-state index contributed by atoms with van der Waals surface area (Å²) in [5, 5.41) is 10.3. The summed E-state index contributed by atoms with van der Waals surface area (Å²) in [4.78, 5) is 13.7. The monoisotopic (exact) mass is 471 g/mol. The van der Waals surface area contributed by atoms with Crippen molar-refractivity contribution in [1.82, 2.24) is 14.8 Å². The van der Waals surface area contributed by atoms with Crippen LogP contribution in [0.5, 0.6) is 5.75 Å². The van der Waals surface area contributed by atoms with Crippen LogP contribution >= 0.6 is 23.4 Å². The number of ether oxygens (including phenoxy) is 1. The highest BCUT2D eigenvalue weighted by Gasteiger charge is 2.55. The Bertz CT molecular complexity index is 999. The van der Waals surface area contributed by atoms with Crippen LogP contribution in [0, 0.1) is 23.2 Å². The number of rotatable bonds is 8. The number of hydrogen-bond acceptors (Lipinski definition) is 5. The number of para-hydroxylation sites is 1. The summed E-state index contributed by atoms with van der Waals surface area (Å²) in [5.74, 6) is 4.27. The highest BCUT2D eigenvalue weighted by atomic mass is 35.5. The number of Topliss-reactive ketones (excluding diaryl/α,β-unsaturated/α-hetero) is 1. The molecule has 5 fully saturated rings. The maximum Gasteiger partial charge on any atom is 0.192 e. The number of nitrogens with zero attached hydrogens (tertiary/aromatic N) is 3. The van der Waals surface area contributed by atoms with Crippen molar-refractivity contribution in [2.45, 2.75) is 81.3 Å². The lowest BCUT2D eigenvalue weighted by molar-refractivity contribution is -0.143. The average Bonchev–Trinajstić information content (AvgIpc) is 3.52. The molecule has 5 aliphatic carbocycles. The standard InChI is InChI=1S/C25H30ClN3O2S/c1-15(23(30)25-11-16-8-17(12-25)10-18(9-16)13-25)32-24-28-27-22(29(24)19-6-7-19)14-31-21-5-3-2-4-20(21)26/h2-5,15-19H,6-14H2,1H3. The van der Waals surface area contributed by atoms with E-state index in [0.29, 0.717) is 29.2 Å². The van der Waals surface area contributed by atoms with E-state index in [9.17, 15) is 4.79 Å². The molecular weight excluding hydrogens is 442 g/mol. The molecule has 0 spiro atoms. The lowest BCUT2D eigenvalue weighted by Gasteiger charge is -2.56. The molecule has 5 nitrogen and oxygen atoms in total. The zero-order valence-corrected chi connectivity index (χ0v) is 20.1. The van der Waals surface area contributed by atoms with E-state index in [0.717, 1.165) is 60.8 Å². The Kier molecular flexibility index (Phi) is 5.29. The number of carbonyl (C=O) groups excluding carboxylic acids is 1. The Morgan fingerprint density at radius 2 is 1.81 bits per heavy atom. The molecular formula is C25H30ClN3O2S. The van der Waals surface area contributed by atoms with Gasteiger partial charge in [-0.3, -0.25) is 9.36 Å². The van der Waals surface area contributed by atoms with Crippen molar-refractivity contribution in [2.75, 3.05) is 0 Å². The van der Waals surface area contributed by atoms with E-state index in [-0.39, 0.29) is 10.7 Å². The molecule has 1 atom stereocenters. The van der Waals surface area contributed by atoms with E-state index >= 15 is 0 Å². The first-order chi connectivity index (χ1) is 15.5. The quantitative estimate of drug-likeness (QED) is 0.434. The van der Waals surface area contributed by atoms with Crippen LogP contribution in [-0.4, -0.2) is 25.8 Å². The van der Waals surface area contributed by atoms with Crippen LogP contribution in [0.25, 0.3) is 0 Å². The number of halogens is 1. The van der Waals surface area contributed by atoms with Gasteiger partial charge in [0.25, 0.3) is 0 Å². The highest BCUT2D eigenvalue weighted by Crippen LogP contribution is 2.61. The molecule has 1 aromatic heterocycles. The van der Waals surface area contributed by atoms with E-state index in [1.54, 1.807) is 11.8 Å². The Hall–Kier alpha value is -1.53. The molecule has 0 radical (unpaired) electrons. The third-order valence-electron chi connectivity index (χ3n) is 8.05. The third kappa shape index (κ3) is 3.77. The van der Waals surface area contributed by atoms with Gasteiger partial charge in [-0.05, 0) is 88.2 Å². The van der Waals surface area contributed by atoms with E-state index in [2.05, 4.69) is 21.7 Å². The number of carbonyl (C=O) groups is 1. The van der Waals surface area contributed by atoms with Gasteiger partial charge < -0.3 is 4.74 Å². The van der Waals surface area contributed by atoms with Crippen molar-refractivity contribution in [3.63, 3.8) is 0 Å². The minimum Gasteiger partial charge on any atom is -0.484 e. The van der Waals surface area contributed by atoms with Crippen molar-refractivity contribution in [3.8, 4) is 5.75 Å². The van der Waals surface area contributed by atoms with Gasteiger partial charge in [0, 0.05) is 11.5 Å². The molecule has 5 aliphatic rings. The number of thioether (sulfide) groups is 1. The molecule has 7 heteroatoms. The molecule has 1 unspecified atom stereocenters. The molecule has 1 aromatic carbocycles. The fourth-order valence-corrected chi connectivity index (χ4v) is 8.26. The summed E-state index contributed by atoms with van der Waals surface area (Å²) in [5.41, 5.74) is -0.0679. The van der Waals surface area contributed by atoms with E-state index in [1.165, 1.54) is 19.3 Å². The van der Waals surface area contributed by atoms with Gasteiger partial charge in [-0.25, -0.2) is 0 Å². The minimum atomic E-state index is -0.0923. The fourth-order valence-electron chi connectivity index (χ4n) is 6.95.